The molecule has 1 amide bonds. The van der Waals surface area contributed by atoms with Gasteiger partial charge in [-0.15, -0.1) is 10.2 Å². The third-order valence-electron chi connectivity index (χ3n) is 3.53. The van der Waals surface area contributed by atoms with Gasteiger partial charge in [0.1, 0.15) is 6.54 Å². The van der Waals surface area contributed by atoms with Crippen LogP contribution in [-0.4, -0.2) is 20.7 Å². The van der Waals surface area contributed by atoms with Crippen LogP contribution in [0.2, 0.25) is 0 Å². The number of carbonyl (C=O) groups excluding carboxylic acids is 1. The van der Waals surface area contributed by atoms with Crippen molar-refractivity contribution >= 4 is 45.5 Å². The smallest absolute Gasteiger partial charge is 0.244 e. The van der Waals surface area contributed by atoms with E-state index >= 15 is 0 Å². The average Bonchev–Trinajstić information content (AvgIpc) is 2.86. The topological polar surface area (TPSA) is 105 Å². The van der Waals surface area contributed by atoms with Crippen LogP contribution in [0.5, 0.6) is 5.88 Å². The number of fused-ring (bicyclic) bond motifs is 1. The van der Waals surface area contributed by atoms with E-state index in [2.05, 4.69) is 27.8 Å². The highest BCUT2D eigenvalue weighted by Gasteiger charge is 2.18. The fourth-order valence-corrected chi connectivity index (χ4v) is 2.54. The number of anilines is 1. The Balaban J connectivity index is 1.94. The number of thiocarbonyl (C=S) groups is 1. The summed E-state index contributed by atoms with van der Waals surface area (Å²) in [7, 11) is 0. The van der Waals surface area contributed by atoms with Gasteiger partial charge >= 0.3 is 0 Å². The van der Waals surface area contributed by atoms with Gasteiger partial charge in [0.05, 0.1) is 5.52 Å². The zero-order chi connectivity index (χ0) is 17.8. The normalized spacial score (nSPS) is 11.0. The van der Waals surface area contributed by atoms with E-state index in [0.717, 1.165) is 0 Å². The first-order valence-corrected chi connectivity index (χ1v) is 7.83. The fourth-order valence-electron chi connectivity index (χ4n) is 2.50. The Morgan fingerprint density at radius 3 is 2.56 bits per heavy atom. The first-order chi connectivity index (χ1) is 12.1. The van der Waals surface area contributed by atoms with Crippen molar-refractivity contribution < 1.29 is 9.90 Å². The van der Waals surface area contributed by atoms with Gasteiger partial charge in [-0.3, -0.25) is 4.79 Å². The highest BCUT2D eigenvalue weighted by atomic mass is 32.1. The van der Waals surface area contributed by atoms with Crippen LogP contribution in [0.4, 0.5) is 11.4 Å². The summed E-state index contributed by atoms with van der Waals surface area (Å²) in [6.07, 6.45) is 0. The monoisotopic (exact) mass is 353 g/mol. The molecule has 2 aromatic carbocycles. The number of hydrogen-bond acceptors (Lipinski definition) is 4. The number of carbonyl (C=O) groups is 1. The summed E-state index contributed by atoms with van der Waals surface area (Å²) in [5, 5.41) is 21.3. The van der Waals surface area contributed by atoms with Crippen molar-refractivity contribution in [3.63, 3.8) is 0 Å². The van der Waals surface area contributed by atoms with Crippen LogP contribution in [0.15, 0.2) is 64.8 Å². The largest absolute Gasteiger partial charge is 0.493 e. The van der Waals surface area contributed by atoms with Gasteiger partial charge in [-0.1, -0.05) is 36.4 Å². The van der Waals surface area contributed by atoms with E-state index < -0.39 is 0 Å². The molecule has 3 rings (SSSR count). The van der Waals surface area contributed by atoms with Crippen LogP contribution in [0.1, 0.15) is 0 Å². The standard InChI is InChI=1S/C17H15N5O2S/c18-17(25)21-20-15-12-8-4-5-9-13(12)22(16(15)24)10-14(23)19-11-6-2-1-3-7-11/h1-9,24H,10H2,(H2,18,25)(H,19,23). The van der Waals surface area contributed by atoms with Gasteiger partial charge in [0.25, 0.3) is 0 Å². The summed E-state index contributed by atoms with van der Waals surface area (Å²) in [5.41, 5.74) is 6.88. The maximum Gasteiger partial charge on any atom is 0.244 e. The molecule has 0 bridgehead atoms. The highest BCUT2D eigenvalue weighted by Crippen LogP contribution is 2.38. The van der Waals surface area contributed by atoms with Crippen LogP contribution in [0.3, 0.4) is 0 Å². The van der Waals surface area contributed by atoms with Gasteiger partial charge in [0, 0.05) is 11.1 Å². The molecule has 126 valence electrons. The molecule has 0 unspecified atom stereocenters. The summed E-state index contributed by atoms with van der Waals surface area (Å²) in [6, 6.07) is 16.2. The average molecular weight is 353 g/mol. The maximum atomic E-state index is 12.3. The molecule has 0 aliphatic carbocycles. The predicted octanol–water partition coefficient (Wildman–Crippen LogP) is 3.31. The lowest BCUT2D eigenvalue weighted by Crippen LogP contribution is -2.18. The van der Waals surface area contributed by atoms with E-state index in [4.69, 9.17) is 5.73 Å². The molecule has 3 aromatic rings. The van der Waals surface area contributed by atoms with Gasteiger partial charge < -0.3 is 20.7 Å². The number of nitrogens with one attached hydrogen (secondary N) is 1. The lowest BCUT2D eigenvalue weighted by molar-refractivity contribution is -0.116. The molecule has 4 N–H and O–H groups in total. The van der Waals surface area contributed by atoms with Gasteiger partial charge in [-0.25, -0.2) is 0 Å². The molecule has 8 heteroatoms. The van der Waals surface area contributed by atoms with E-state index in [1.807, 2.05) is 24.3 Å². The van der Waals surface area contributed by atoms with E-state index in [9.17, 15) is 9.90 Å². The molecule has 1 heterocycles. The molecule has 25 heavy (non-hydrogen) atoms. The summed E-state index contributed by atoms with van der Waals surface area (Å²) in [4.78, 5) is 12.3. The lowest BCUT2D eigenvalue weighted by atomic mass is 10.2. The molecule has 0 saturated heterocycles. The number of aromatic hydroxyl groups is 1. The second-order valence-corrected chi connectivity index (χ2v) is 5.65. The number of benzene rings is 2. The van der Waals surface area contributed by atoms with Gasteiger partial charge in [0.2, 0.25) is 16.9 Å². The van der Waals surface area contributed by atoms with Crippen LogP contribution >= 0.6 is 12.2 Å². The highest BCUT2D eigenvalue weighted by molar-refractivity contribution is 7.80. The summed E-state index contributed by atoms with van der Waals surface area (Å²) in [5.74, 6) is -0.454. The van der Waals surface area contributed by atoms with Gasteiger partial charge in [-0.2, -0.15) is 0 Å². The quantitative estimate of drug-likeness (QED) is 0.494. The molecule has 0 aliphatic rings. The van der Waals surface area contributed by atoms with E-state index in [1.165, 1.54) is 4.57 Å². The Labute approximate surface area is 148 Å². The van der Waals surface area contributed by atoms with Crippen molar-refractivity contribution in [2.75, 3.05) is 5.32 Å². The Hall–Kier alpha value is -3.26. The third kappa shape index (κ3) is 3.64. The molecule has 0 aliphatic heterocycles. The minimum atomic E-state index is -0.278. The van der Waals surface area contributed by atoms with Crippen LogP contribution in [0.25, 0.3) is 10.9 Å². The number of azo groups is 1. The maximum absolute atomic E-state index is 12.3. The van der Waals surface area contributed by atoms with Crippen molar-refractivity contribution in [2.24, 2.45) is 16.0 Å². The van der Waals surface area contributed by atoms with E-state index in [-0.39, 0.29) is 29.1 Å². The molecule has 0 atom stereocenters. The van der Waals surface area contributed by atoms with Crippen molar-refractivity contribution in [1.82, 2.24) is 4.57 Å². The molecule has 0 saturated carbocycles. The number of rotatable bonds is 4. The molecule has 0 spiro atoms. The minimum Gasteiger partial charge on any atom is -0.493 e. The molecule has 0 fully saturated rings. The van der Waals surface area contributed by atoms with Gasteiger partial charge in [0.15, 0.2) is 5.69 Å². The lowest BCUT2D eigenvalue weighted by Gasteiger charge is -2.08. The van der Waals surface area contributed by atoms with Crippen LogP contribution < -0.4 is 11.1 Å². The Morgan fingerprint density at radius 2 is 1.84 bits per heavy atom. The Kier molecular flexibility index (Phi) is 4.71. The minimum absolute atomic E-state index is 0.0795. The number of amides is 1. The summed E-state index contributed by atoms with van der Waals surface area (Å²) >= 11 is 4.68. The predicted molar refractivity (Wildman–Crippen MR) is 100.0 cm³/mol. The van der Waals surface area contributed by atoms with Crippen LogP contribution in [-0.2, 0) is 11.3 Å². The summed E-state index contributed by atoms with van der Waals surface area (Å²) in [6.45, 7) is -0.0795. The van der Waals surface area contributed by atoms with Crippen LogP contribution in [0, 0.1) is 0 Å². The SMILES string of the molecule is NC(=S)N=Nc1c(O)n(CC(=O)Nc2ccccc2)c2ccccc12. The zero-order valence-corrected chi connectivity index (χ0v) is 13.9. The van der Waals surface area contributed by atoms with Crippen molar-refractivity contribution in [2.45, 2.75) is 6.54 Å². The molecule has 7 nitrogen and oxygen atoms in total. The number of nitrogens with zero attached hydrogens (tertiary/aromatic N) is 3. The molecule has 1 aromatic heterocycles. The zero-order valence-electron chi connectivity index (χ0n) is 13.1. The van der Waals surface area contributed by atoms with Crippen molar-refractivity contribution in [3.8, 4) is 5.88 Å². The molecule has 0 radical (unpaired) electrons. The van der Waals surface area contributed by atoms with Crippen molar-refractivity contribution in [1.29, 1.82) is 0 Å². The summed E-state index contributed by atoms with van der Waals surface area (Å²) < 4.78 is 1.46. The van der Waals surface area contributed by atoms with Gasteiger partial charge in [-0.05, 0) is 30.4 Å². The first-order valence-electron chi connectivity index (χ1n) is 7.42. The molecular formula is C17H15N5O2S. The van der Waals surface area contributed by atoms with Crippen molar-refractivity contribution in [3.05, 3.63) is 54.6 Å². The first kappa shape index (κ1) is 16.6. The fraction of sp³-hybridized carbons (Fsp3) is 0.0588. The van der Waals surface area contributed by atoms with E-state index in [0.29, 0.717) is 16.6 Å². The van der Waals surface area contributed by atoms with E-state index in [1.54, 1.807) is 30.3 Å². The number of aromatic nitrogens is 1. The second-order valence-electron chi connectivity index (χ2n) is 5.23. The molecular weight excluding hydrogens is 338 g/mol. The number of hydrogen-bond donors (Lipinski definition) is 3. The third-order valence-corrected chi connectivity index (χ3v) is 3.61. The Bertz CT molecular complexity index is 966. The second kappa shape index (κ2) is 7.10. The number of nitrogens with two attached hydrogens (primary N) is 1. The Morgan fingerprint density at radius 1 is 1.16 bits per heavy atom. The number of para-hydroxylation sites is 2.